The molecular weight excluding hydrogens is 659 g/mol. The van der Waals surface area contributed by atoms with Crippen LogP contribution in [0.1, 0.15) is 85.4 Å². The quantitative estimate of drug-likeness (QED) is 0.181. The van der Waals surface area contributed by atoms with Gasteiger partial charge in [-0.3, -0.25) is 4.57 Å². The van der Waals surface area contributed by atoms with Gasteiger partial charge in [0, 0.05) is 16.6 Å². The van der Waals surface area contributed by atoms with Gasteiger partial charge < -0.3 is 23.3 Å². The van der Waals surface area contributed by atoms with Crippen molar-refractivity contribution in [1.82, 2.24) is 19.5 Å². The molecule has 6 rings (SSSR count). The van der Waals surface area contributed by atoms with Gasteiger partial charge >= 0.3 is 8.56 Å². The van der Waals surface area contributed by atoms with Crippen molar-refractivity contribution in [3.8, 4) is 0 Å². The lowest BCUT2D eigenvalue weighted by Gasteiger charge is -2.54. The minimum absolute atomic E-state index is 0.0354. The zero-order chi connectivity index (χ0) is 36.1. The summed E-state index contributed by atoms with van der Waals surface area (Å²) in [4.78, 5) is 14.7. The first kappa shape index (κ1) is 36.6. The van der Waals surface area contributed by atoms with E-state index in [4.69, 9.17) is 28.0 Å². The maximum atomic E-state index is 7.41. The molecule has 2 saturated heterocycles. The second kappa shape index (κ2) is 13.4. The molecule has 2 aromatic carbocycles. The van der Waals surface area contributed by atoms with E-state index in [0.29, 0.717) is 30.3 Å². The molecule has 50 heavy (non-hydrogen) atoms. The van der Waals surface area contributed by atoms with E-state index in [0.717, 1.165) is 16.8 Å². The van der Waals surface area contributed by atoms with Crippen LogP contribution in [0.5, 0.6) is 0 Å². The highest BCUT2D eigenvalue weighted by molar-refractivity contribution is 6.74. The Labute approximate surface area is 300 Å². The number of imidazole rings is 1. The third kappa shape index (κ3) is 6.88. The number of hydrogen-bond acceptors (Lipinski definition) is 8. The lowest BCUT2D eigenvalue weighted by atomic mass is 10.1. The first-order valence-corrected chi connectivity index (χ1v) is 22.5. The summed E-state index contributed by atoms with van der Waals surface area (Å²) in [5.74, 6) is 0.641. The van der Waals surface area contributed by atoms with E-state index in [1.807, 2.05) is 42.5 Å². The summed E-state index contributed by atoms with van der Waals surface area (Å²) in [7, 11) is -5.19. The van der Waals surface area contributed by atoms with Crippen LogP contribution in [0.2, 0.25) is 28.2 Å². The minimum Gasteiger partial charge on any atom is -0.407 e. The number of nitrogens with zero attached hydrogens (tertiary/aromatic N) is 4. The average molecular weight is 714 g/mol. The lowest BCUT2D eigenvalue weighted by Crippen LogP contribution is -2.66. The Hall–Kier alpha value is -3.20. The van der Waals surface area contributed by atoms with Crippen LogP contribution in [0.4, 0.5) is 5.95 Å². The SMILES string of the molecule is CC(C)(C)[Si](C)(C)O[C@@H]1[C@@H]2O[Si](C(C)(C)C)(C(C)(C)C)OC[C@H]2O[C@H]1n1c(NCc2ccccc2)nc2c(C=Cc3ccccc3)ncnc21. The van der Waals surface area contributed by atoms with Crippen LogP contribution in [0.3, 0.4) is 0 Å². The molecule has 2 aliphatic rings. The number of fused-ring (bicyclic) bond motifs is 2. The molecule has 4 atom stereocenters. The third-order valence-corrected chi connectivity index (χ3v) is 20.1. The number of nitrogens with one attached hydrogen (secondary N) is 1. The molecule has 1 N–H and O–H groups in total. The summed E-state index contributed by atoms with van der Waals surface area (Å²) < 4.78 is 30.9. The van der Waals surface area contributed by atoms with Gasteiger partial charge in [-0.25, -0.2) is 15.0 Å². The van der Waals surface area contributed by atoms with Gasteiger partial charge in [0.25, 0.3) is 0 Å². The Morgan fingerprint density at radius 3 is 2.16 bits per heavy atom. The summed E-state index contributed by atoms with van der Waals surface area (Å²) in [6.07, 6.45) is 4.02. The van der Waals surface area contributed by atoms with Crippen LogP contribution in [-0.2, 0) is 24.6 Å². The van der Waals surface area contributed by atoms with Crippen LogP contribution in [0, 0.1) is 0 Å². The molecule has 0 amide bonds. The van der Waals surface area contributed by atoms with E-state index in [1.165, 1.54) is 0 Å². The number of hydrogen-bond donors (Lipinski definition) is 1. The van der Waals surface area contributed by atoms with Crippen molar-refractivity contribution in [3.63, 3.8) is 0 Å². The second-order valence-electron chi connectivity index (χ2n) is 17.2. The molecule has 2 aromatic heterocycles. The predicted octanol–water partition coefficient (Wildman–Crippen LogP) is 9.35. The maximum Gasteiger partial charge on any atom is 0.349 e. The summed E-state index contributed by atoms with van der Waals surface area (Å²) in [5, 5.41) is 3.22. The van der Waals surface area contributed by atoms with E-state index in [-0.39, 0.29) is 27.3 Å². The highest BCUT2D eigenvalue weighted by Crippen LogP contribution is 2.57. The first-order valence-electron chi connectivity index (χ1n) is 17.8. The van der Waals surface area contributed by atoms with Gasteiger partial charge in [0.15, 0.2) is 20.2 Å². The highest BCUT2D eigenvalue weighted by Gasteiger charge is 2.66. The van der Waals surface area contributed by atoms with Crippen molar-refractivity contribution < 1.29 is 18.0 Å². The number of ether oxygens (including phenoxy) is 1. The van der Waals surface area contributed by atoms with E-state index < -0.39 is 29.2 Å². The largest absolute Gasteiger partial charge is 0.407 e. The molecule has 0 unspecified atom stereocenters. The number of anilines is 1. The van der Waals surface area contributed by atoms with Gasteiger partial charge in [0.2, 0.25) is 5.95 Å². The van der Waals surface area contributed by atoms with Crippen molar-refractivity contribution in [2.24, 2.45) is 0 Å². The molecule has 268 valence electrons. The molecular formula is C39H55N5O4Si2. The summed E-state index contributed by atoms with van der Waals surface area (Å²) in [6, 6.07) is 20.5. The molecule has 2 fully saturated rings. The molecule has 0 aliphatic carbocycles. The normalized spacial score (nSPS) is 23.0. The third-order valence-electron chi connectivity index (χ3n) is 10.5. The van der Waals surface area contributed by atoms with Gasteiger partial charge in [-0.2, -0.15) is 0 Å². The second-order valence-corrected chi connectivity index (χ2v) is 26.8. The zero-order valence-corrected chi connectivity index (χ0v) is 33.7. The molecule has 9 nitrogen and oxygen atoms in total. The number of aromatic nitrogens is 4. The van der Waals surface area contributed by atoms with Crippen molar-refractivity contribution >= 4 is 46.1 Å². The molecule has 0 bridgehead atoms. The molecule has 4 aromatic rings. The smallest absolute Gasteiger partial charge is 0.349 e. The minimum atomic E-state index is -2.85. The van der Waals surface area contributed by atoms with Gasteiger partial charge in [0.1, 0.15) is 30.2 Å². The van der Waals surface area contributed by atoms with E-state index in [2.05, 4.69) is 121 Å². The maximum absolute atomic E-state index is 7.41. The van der Waals surface area contributed by atoms with Crippen LogP contribution < -0.4 is 5.32 Å². The Bertz CT molecular complexity index is 1800. The lowest BCUT2D eigenvalue weighted by molar-refractivity contribution is -0.0792. The first-order chi connectivity index (χ1) is 23.4. The van der Waals surface area contributed by atoms with E-state index in [9.17, 15) is 0 Å². The monoisotopic (exact) mass is 713 g/mol. The van der Waals surface area contributed by atoms with Crippen LogP contribution in [-0.4, -0.2) is 61.3 Å². The standard InChI is InChI=1S/C39H55N5O4Si2/c1-37(2,3)49(10,11)47-33-32-30(25-45-50(48-32,38(4,5)6)39(7,8)9)46-35(33)44-34-31(43-36(44)40-24-28-20-16-13-17-21-28)29(41-26-42-34)23-22-27-18-14-12-15-19-27/h12-23,26,30,32-33,35H,24-25H2,1-11H3,(H,40,43)/t30-,32-,33-,35-/m1/s1. The Morgan fingerprint density at radius 2 is 1.54 bits per heavy atom. The van der Waals surface area contributed by atoms with E-state index in [1.54, 1.807) is 6.33 Å². The highest BCUT2D eigenvalue weighted by atomic mass is 28.4. The molecule has 2 aliphatic heterocycles. The van der Waals surface area contributed by atoms with E-state index >= 15 is 0 Å². The van der Waals surface area contributed by atoms with Gasteiger partial charge in [-0.15, -0.1) is 0 Å². The number of benzene rings is 2. The molecule has 11 heteroatoms. The summed E-state index contributed by atoms with van der Waals surface area (Å²) in [6.45, 7) is 25.9. The topological polar surface area (TPSA) is 92.6 Å². The molecule has 0 radical (unpaired) electrons. The Kier molecular flexibility index (Phi) is 9.81. The summed E-state index contributed by atoms with van der Waals surface area (Å²) in [5.41, 5.74) is 4.30. The van der Waals surface area contributed by atoms with Crippen LogP contribution >= 0.6 is 0 Å². The molecule has 4 heterocycles. The summed E-state index contributed by atoms with van der Waals surface area (Å²) >= 11 is 0. The average Bonchev–Trinajstić information content (AvgIpc) is 3.59. The fourth-order valence-electron chi connectivity index (χ4n) is 7.10. The van der Waals surface area contributed by atoms with Crippen molar-refractivity contribution in [2.45, 2.75) is 122 Å². The Balaban J connectivity index is 1.49. The molecule has 0 spiro atoms. The Morgan fingerprint density at radius 1 is 0.900 bits per heavy atom. The van der Waals surface area contributed by atoms with Crippen molar-refractivity contribution in [3.05, 3.63) is 83.8 Å². The van der Waals surface area contributed by atoms with Gasteiger partial charge in [0.05, 0.1) is 12.3 Å². The zero-order valence-electron chi connectivity index (χ0n) is 31.7. The van der Waals surface area contributed by atoms with Crippen LogP contribution in [0.15, 0.2) is 67.0 Å². The van der Waals surface area contributed by atoms with Gasteiger partial charge in [-0.1, -0.05) is 129 Å². The van der Waals surface area contributed by atoms with Crippen molar-refractivity contribution in [1.29, 1.82) is 0 Å². The predicted molar refractivity (Wildman–Crippen MR) is 206 cm³/mol. The fraction of sp³-hybridized carbons (Fsp3) is 0.513. The van der Waals surface area contributed by atoms with Gasteiger partial charge in [-0.05, 0) is 35.3 Å². The van der Waals surface area contributed by atoms with Crippen LogP contribution in [0.25, 0.3) is 23.3 Å². The number of rotatable bonds is 8. The fourth-order valence-corrected chi connectivity index (χ4v) is 13.3. The van der Waals surface area contributed by atoms with Crippen molar-refractivity contribution in [2.75, 3.05) is 11.9 Å². The molecule has 0 saturated carbocycles.